The lowest BCUT2D eigenvalue weighted by molar-refractivity contribution is -0.125. The van der Waals surface area contributed by atoms with Crippen molar-refractivity contribution in [1.29, 1.82) is 5.26 Å². The predicted octanol–water partition coefficient (Wildman–Crippen LogP) is 3.42. The molecule has 0 saturated heterocycles. The summed E-state index contributed by atoms with van der Waals surface area (Å²) >= 11 is 1.35. The van der Waals surface area contributed by atoms with E-state index >= 15 is 0 Å². The molecule has 5 nitrogen and oxygen atoms in total. The molecule has 0 saturated carbocycles. The standard InChI is InChI=1S/C18H20N2O3S/c1-11(2)18(4,10-19)20-15(21)9-23-17(22)16-12(3)13-7-5-6-8-14(13)24-16/h5-8,11H,9H2,1-4H3,(H,20,21)/t18-/m0/s1. The van der Waals surface area contributed by atoms with Crippen LogP contribution < -0.4 is 5.32 Å². The van der Waals surface area contributed by atoms with Crippen LogP contribution in [0.1, 0.15) is 36.0 Å². The van der Waals surface area contributed by atoms with Crippen LogP contribution in [0.3, 0.4) is 0 Å². The Hall–Kier alpha value is -2.39. The molecule has 2 aromatic rings. The van der Waals surface area contributed by atoms with Crippen LogP contribution >= 0.6 is 11.3 Å². The summed E-state index contributed by atoms with van der Waals surface area (Å²) in [5, 5.41) is 12.8. The van der Waals surface area contributed by atoms with E-state index < -0.39 is 24.0 Å². The lowest BCUT2D eigenvalue weighted by Gasteiger charge is -2.27. The number of rotatable bonds is 5. The molecule has 6 heteroatoms. The minimum absolute atomic E-state index is 0.0630. The molecule has 0 fully saturated rings. The quantitative estimate of drug-likeness (QED) is 0.843. The molecule has 0 aliphatic carbocycles. The molecule has 1 aromatic heterocycles. The number of carbonyl (C=O) groups is 2. The van der Waals surface area contributed by atoms with Gasteiger partial charge in [-0.25, -0.2) is 4.79 Å². The highest BCUT2D eigenvalue weighted by Gasteiger charge is 2.30. The molecule has 1 aromatic carbocycles. The van der Waals surface area contributed by atoms with Gasteiger partial charge in [-0.3, -0.25) is 4.79 Å². The van der Waals surface area contributed by atoms with Crippen molar-refractivity contribution in [1.82, 2.24) is 5.32 Å². The summed E-state index contributed by atoms with van der Waals surface area (Å²) < 4.78 is 6.12. The minimum Gasteiger partial charge on any atom is -0.451 e. The van der Waals surface area contributed by atoms with E-state index in [1.165, 1.54) is 11.3 Å². The SMILES string of the molecule is Cc1c(C(=O)OCC(=O)N[C@@](C)(C#N)C(C)C)sc2ccccc12. The number of nitriles is 1. The van der Waals surface area contributed by atoms with E-state index in [1.54, 1.807) is 6.92 Å². The Bertz CT molecular complexity index is 819. The molecular formula is C18H20N2O3S. The highest BCUT2D eigenvalue weighted by atomic mass is 32.1. The van der Waals surface area contributed by atoms with Gasteiger partial charge in [0.15, 0.2) is 6.61 Å². The lowest BCUT2D eigenvalue weighted by atomic mass is 9.90. The van der Waals surface area contributed by atoms with Crippen LogP contribution in [0.5, 0.6) is 0 Å². The maximum atomic E-state index is 12.3. The Morgan fingerprint density at radius 2 is 2.04 bits per heavy atom. The van der Waals surface area contributed by atoms with Gasteiger partial charge in [0, 0.05) is 4.70 Å². The van der Waals surface area contributed by atoms with E-state index in [0.29, 0.717) is 4.88 Å². The molecule has 126 valence electrons. The van der Waals surface area contributed by atoms with E-state index in [0.717, 1.165) is 15.6 Å². The first kappa shape index (κ1) is 18.0. The second kappa shape index (κ2) is 7.02. The molecular weight excluding hydrogens is 324 g/mol. The molecule has 0 spiro atoms. The van der Waals surface area contributed by atoms with E-state index in [9.17, 15) is 14.9 Å². The fourth-order valence-corrected chi connectivity index (χ4v) is 3.30. The summed E-state index contributed by atoms with van der Waals surface area (Å²) in [5.41, 5.74) is -0.137. The molecule has 0 aliphatic heterocycles. The number of nitrogens with zero attached hydrogens (tertiary/aromatic N) is 1. The van der Waals surface area contributed by atoms with Crippen molar-refractivity contribution < 1.29 is 14.3 Å². The maximum Gasteiger partial charge on any atom is 0.349 e. The monoisotopic (exact) mass is 344 g/mol. The zero-order chi connectivity index (χ0) is 17.9. The minimum atomic E-state index is -0.989. The van der Waals surface area contributed by atoms with Crippen LogP contribution in [0.15, 0.2) is 24.3 Å². The molecule has 0 unspecified atom stereocenters. The summed E-state index contributed by atoms with van der Waals surface area (Å²) in [6.45, 7) is 6.79. The van der Waals surface area contributed by atoms with Crippen molar-refractivity contribution in [3.63, 3.8) is 0 Å². The molecule has 0 radical (unpaired) electrons. The van der Waals surface area contributed by atoms with Crippen molar-refractivity contribution in [3.05, 3.63) is 34.7 Å². The van der Waals surface area contributed by atoms with Crippen LogP contribution in [0.4, 0.5) is 0 Å². The van der Waals surface area contributed by atoms with Gasteiger partial charge in [0.25, 0.3) is 5.91 Å². The number of hydrogen-bond acceptors (Lipinski definition) is 5. The van der Waals surface area contributed by atoms with Crippen molar-refractivity contribution >= 4 is 33.3 Å². The number of fused-ring (bicyclic) bond motifs is 1. The number of amides is 1. The number of ether oxygens (including phenoxy) is 1. The number of carbonyl (C=O) groups excluding carboxylic acids is 2. The van der Waals surface area contributed by atoms with Crippen molar-refractivity contribution in [2.24, 2.45) is 5.92 Å². The highest BCUT2D eigenvalue weighted by Crippen LogP contribution is 2.30. The van der Waals surface area contributed by atoms with Crippen molar-refractivity contribution in [3.8, 4) is 6.07 Å². The fraction of sp³-hybridized carbons (Fsp3) is 0.389. The van der Waals surface area contributed by atoms with Gasteiger partial charge in [-0.05, 0) is 36.8 Å². The Morgan fingerprint density at radius 3 is 2.62 bits per heavy atom. The van der Waals surface area contributed by atoms with Gasteiger partial charge in [0.05, 0.1) is 6.07 Å². The summed E-state index contributed by atoms with van der Waals surface area (Å²) in [6.07, 6.45) is 0. The lowest BCUT2D eigenvalue weighted by Crippen LogP contribution is -2.50. The smallest absolute Gasteiger partial charge is 0.349 e. The van der Waals surface area contributed by atoms with Gasteiger partial charge >= 0.3 is 5.97 Å². The molecule has 1 N–H and O–H groups in total. The molecule has 1 amide bonds. The van der Waals surface area contributed by atoms with Gasteiger partial charge in [0.2, 0.25) is 0 Å². The second-order valence-electron chi connectivity index (χ2n) is 6.15. The van der Waals surface area contributed by atoms with Crippen molar-refractivity contribution in [2.75, 3.05) is 6.61 Å². The Kier molecular flexibility index (Phi) is 5.25. The van der Waals surface area contributed by atoms with E-state index in [2.05, 4.69) is 11.4 Å². The number of nitrogens with one attached hydrogen (secondary N) is 1. The van der Waals surface area contributed by atoms with Gasteiger partial charge in [-0.2, -0.15) is 5.26 Å². The molecule has 1 atom stereocenters. The second-order valence-corrected chi connectivity index (χ2v) is 7.20. The Labute approximate surface area is 145 Å². The summed E-state index contributed by atoms with van der Waals surface area (Å²) in [5.74, 6) is -1.07. The predicted molar refractivity (Wildman–Crippen MR) is 93.8 cm³/mol. The summed E-state index contributed by atoms with van der Waals surface area (Å²) in [4.78, 5) is 24.7. The van der Waals surface area contributed by atoms with E-state index in [1.807, 2.05) is 45.0 Å². The van der Waals surface area contributed by atoms with Gasteiger partial charge in [-0.15, -0.1) is 11.3 Å². The van der Waals surface area contributed by atoms with Gasteiger partial charge in [0.1, 0.15) is 10.4 Å². The number of aryl methyl sites for hydroxylation is 1. The Morgan fingerprint density at radius 1 is 1.38 bits per heavy atom. The van der Waals surface area contributed by atoms with E-state index in [-0.39, 0.29) is 5.92 Å². The number of esters is 1. The number of thiophene rings is 1. The van der Waals surface area contributed by atoms with E-state index in [4.69, 9.17) is 4.74 Å². The van der Waals surface area contributed by atoms with Crippen molar-refractivity contribution in [2.45, 2.75) is 33.2 Å². The van der Waals surface area contributed by atoms with Crippen LogP contribution in [0, 0.1) is 24.2 Å². The van der Waals surface area contributed by atoms with Crippen LogP contribution in [-0.4, -0.2) is 24.0 Å². The summed E-state index contributed by atoms with van der Waals surface area (Å²) in [6, 6.07) is 9.80. The van der Waals surface area contributed by atoms with Gasteiger partial charge < -0.3 is 10.1 Å². The third kappa shape index (κ3) is 3.57. The first-order valence-electron chi connectivity index (χ1n) is 7.66. The molecule has 0 bridgehead atoms. The largest absolute Gasteiger partial charge is 0.451 e. The van der Waals surface area contributed by atoms with Crippen LogP contribution in [0.25, 0.3) is 10.1 Å². The first-order valence-corrected chi connectivity index (χ1v) is 8.47. The summed E-state index contributed by atoms with van der Waals surface area (Å²) in [7, 11) is 0. The first-order chi connectivity index (χ1) is 11.3. The highest BCUT2D eigenvalue weighted by molar-refractivity contribution is 7.21. The molecule has 24 heavy (non-hydrogen) atoms. The maximum absolute atomic E-state index is 12.3. The Balaban J connectivity index is 2.04. The zero-order valence-electron chi connectivity index (χ0n) is 14.2. The third-order valence-electron chi connectivity index (χ3n) is 4.15. The number of benzene rings is 1. The molecule has 2 rings (SSSR count). The van der Waals surface area contributed by atoms with Gasteiger partial charge in [-0.1, -0.05) is 32.0 Å². The average molecular weight is 344 g/mol. The van der Waals surface area contributed by atoms with Crippen LogP contribution in [0.2, 0.25) is 0 Å². The average Bonchev–Trinajstić information content (AvgIpc) is 2.89. The number of hydrogen-bond donors (Lipinski definition) is 1. The molecule has 0 aliphatic rings. The fourth-order valence-electron chi connectivity index (χ4n) is 2.19. The zero-order valence-corrected chi connectivity index (χ0v) is 15.0. The molecule has 1 heterocycles. The van der Waals surface area contributed by atoms with Crippen LogP contribution in [-0.2, 0) is 9.53 Å². The normalized spacial score (nSPS) is 13.3. The third-order valence-corrected chi connectivity index (χ3v) is 5.40. The topological polar surface area (TPSA) is 79.2 Å².